The molecule has 1 amide bonds. The average molecular weight is 313 g/mol. The van der Waals surface area contributed by atoms with Gasteiger partial charge in [0.05, 0.1) is 5.56 Å². The van der Waals surface area contributed by atoms with Gasteiger partial charge < -0.3 is 15.5 Å². The van der Waals surface area contributed by atoms with Gasteiger partial charge in [0.2, 0.25) is 0 Å². The number of carbonyl (C=O) groups is 1. The summed E-state index contributed by atoms with van der Waals surface area (Å²) in [5.41, 5.74) is 0.599. The smallest absolute Gasteiger partial charge is 0.255 e. The number of carbonyl (C=O) groups excluding carboxylic acids is 1. The van der Waals surface area contributed by atoms with E-state index in [1.807, 2.05) is 19.0 Å². The second-order valence-corrected chi connectivity index (χ2v) is 5.57. The van der Waals surface area contributed by atoms with Gasteiger partial charge in [0, 0.05) is 50.3 Å². The summed E-state index contributed by atoms with van der Waals surface area (Å²) in [7, 11) is 3.76. The Hall–Kier alpha value is -1.14. The molecule has 2 heterocycles. The Bertz CT molecular complexity index is 446. The molecule has 1 saturated heterocycles. The molecule has 98 valence electrons. The third-order valence-corrected chi connectivity index (χ3v) is 3.35. The van der Waals surface area contributed by atoms with E-state index in [1.165, 1.54) is 0 Å². The number of nitrogens with zero attached hydrogens (tertiary/aromatic N) is 2. The molecule has 1 aliphatic heterocycles. The maximum Gasteiger partial charge on any atom is 0.255 e. The number of anilines is 1. The number of hydrogen-bond acceptors (Lipinski definition) is 4. The van der Waals surface area contributed by atoms with E-state index in [0.29, 0.717) is 23.8 Å². The van der Waals surface area contributed by atoms with Crippen molar-refractivity contribution in [3.63, 3.8) is 0 Å². The molecule has 6 heteroatoms. The van der Waals surface area contributed by atoms with Crippen molar-refractivity contribution in [1.29, 1.82) is 0 Å². The van der Waals surface area contributed by atoms with Gasteiger partial charge in [0.15, 0.2) is 0 Å². The first-order valence-corrected chi connectivity index (χ1v) is 6.69. The number of hydrogen-bond donors (Lipinski definition) is 2. The highest BCUT2D eigenvalue weighted by Crippen LogP contribution is 2.20. The van der Waals surface area contributed by atoms with Crippen LogP contribution in [-0.2, 0) is 0 Å². The van der Waals surface area contributed by atoms with Gasteiger partial charge in [-0.3, -0.25) is 4.79 Å². The minimum absolute atomic E-state index is 0.0700. The van der Waals surface area contributed by atoms with Gasteiger partial charge in [-0.25, -0.2) is 4.98 Å². The summed E-state index contributed by atoms with van der Waals surface area (Å²) in [6, 6.07) is 1.80. The Balaban J connectivity index is 2.09. The highest BCUT2D eigenvalue weighted by molar-refractivity contribution is 9.10. The first-order chi connectivity index (χ1) is 8.58. The summed E-state index contributed by atoms with van der Waals surface area (Å²) < 4.78 is 0.809. The van der Waals surface area contributed by atoms with Crippen LogP contribution in [0.2, 0.25) is 0 Å². The molecule has 0 unspecified atom stereocenters. The minimum atomic E-state index is -0.0700. The normalized spacial score (nSPS) is 15.1. The van der Waals surface area contributed by atoms with Crippen LogP contribution in [0.3, 0.4) is 0 Å². The lowest BCUT2D eigenvalue weighted by Gasteiger charge is -2.27. The topological polar surface area (TPSA) is 57.3 Å². The van der Waals surface area contributed by atoms with Crippen molar-refractivity contribution in [3.05, 3.63) is 22.3 Å². The van der Waals surface area contributed by atoms with Crippen LogP contribution in [0.15, 0.2) is 16.7 Å². The van der Waals surface area contributed by atoms with Crippen LogP contribution in [0.1, 0.15) is 10.4 Å². The summed E-state index contributed by atoms with van der Waals surface area (Å²) >= 11 is 3.35. The van der Waals surface area contributed by atoms with Crippen molar-refractivity contribution in [2.24, 2.45) is 5.92 Å². The van der Waals surface area contributed by atoms with Gasteiger partial charge in [-0.1, -0.05) is 0 Å². The minimum Gasteiger partial charge on any atom is -0.362 e. The summed E-state index contributed by atoms with van der Waals surface area (Å²) in [5.74, 6) is 1.17. The average Bonchev–Trinajstić information content (AvgIpc) is 2.26. The van der Waals surface area contributed by atoms with E-state index >= 15 is 0 Å². The van der Waals surface area contributed by atoms with E-state index in [2.05, 4.69) is 31.5 Å². The predicted molar refractivity (Wildman–Crippen MR) is 75.0 cm³/mol. The lowest BCUT2D eigenvalue weighted by molar-refractivity contribution is 0.0942. The Morgan fingerprint density at radius 3 is 2.89 bits per heavy atom. The summed E-state index contributed by atoms with van der Waals surface area (Å²) in [6.07, 6.45) is 1.70. The molecule has 0 aliphatic carbocycles. The van der Waals surface area contributed by atoms with Crippen molar-refractivity contribution >= 4 is 27.7 Å². The predicted octanol–water partition coefficient (Wildman–Crippen LogP) is 0.859. The van der Waals surface area contributed by atoms with Crippen molar-refractivity contribution < 1.29 is 4.79 Å². The van der Waals surface area contributed by atoms with E-state index in [9.17, 15) is 4.79 Å². The molecule has 5 nitrogen and oxygen atoms in total. The Kier molecular flexibility index (Phi) is 4.19. The van der Waals surface area contributed by atoms with Crippen LogP contribution in [-0.4, -0.2) is 44.6 Å². The van der Waals surface area contributed by atoms with Crippen molar-refractivity contribution in [3.8, 4) is 0 Å². The molecule has 0 spiro atoms. The maximum atomic E-state index is 12.1. The van der Waals surface area contributed by atoms with E-state index in [4.69, 9.17) is 0 Å². The molecule has 0 atom stereocenters. The van der Waals surface area contributed by atoms with Crippen LogP contribution < -0.4 is 15.5 Å². The van der Waals surface area contributed by atoms with Crippen molar-refractivity contribution in [2.45, 2.75) is 0 Å². The van der Waals surface area contributed by atoms with Gasteiger partial charge in [0.1, 0.15) is 5.82 Å². The largest absolute Gasteiger partial charge is 0.362 e. The van der Waals surface area contributed by atoms with E-state index in [-0.39, 0.29) is 5.91 Å². The lowest BCUT2D eigenvalue weighted by atomic mass is 10.0. The molecule has 1 fully saturated rings. The molecule has 2 rings (SSSR count). The summed E-state index contributed by atoms with van der Waals surface area (Å²) in [4.78, 5) is 18.3. The van der Waals surface area contributed by atoms with Gasteiger partial charge >= 0.3 is 0 Å². The van der Waals surface area contributed by atoms with Gasteiger partial charge in [-0.2, -0.15) is 0 Å². The molecule has 0 radical (unpaired) electrons. The molecule has 0 saturated carbocycles. The lowest BCUT2D eigenvalue weighted by Crippen LogP contribution is -2.48. The Labute approximate surface area is 115 Å². The standard InChI is InChI=1S/C12H17BrN4O/c1-17(2)11-10(3-9(13)7-15-11)12(18)16-6-8-4-14-5-8/h3,7-8,14H,4-6H2,1-2H3,(H,16,18). The summed E-state index contributed by atoms with van der Waals surface area (Å²) in [6.45, 7) is 2.68. The number of nitrogens with one attached hydrogen (secondary N) is 2. The van der Waals surface area contributed by atoms with Crippen LogP contribution >= 0.6 is 15.9 Å². The quantitative estimate of drug-likeness (QED) is 0.866. The fraction of sp³-hybridized carbons (Fsp3) is 0.500. The molecule has 2 N–H and O–H groups in total. The first-order valence-electron chi connectivity index (χ1n) is 5.89. The SMILES string of the molecule is CN(C)c1ncc(Br)cc1C(=O)NCC1CNC1. The molecule has 18 heavy (non-hydrogen) atoms. The molecular weight excluding hydrogens is 296 g/mol. The Morgan fingerprint density at radius 1 is 1.61 bits per heavy atom. The summed E-state index contributed by atoms with van der Waals surface area (Å²) in [5, 5.41) is 6.14. The fourth-order valence-corrected chi connectivity index (χ4v) is 2.11. The Morgan fingerprint density at radius 2 is 2.33 bits per heavy atom. The molecule has 1 aromatic heterocycles. The number of halogens is 1. The number of aromatic nitrogens is 1. The van der Waals surface area contributed by atoms with E-state index < -0.39 is 0 Å². The highest BCUT2D eigenvalue weighted by Gasteiger charge is 2.19. The van der Waals surface area contributed by atoms with Gasteiger partial charge in [-0.15, -0.1) is 0 Å². The van der Waals surface area contributed by atoms with Crippen molar-refractivity contribution in [2.75, 3.05) is 38.6 Å². The maximum absolute atomic E-state index is 12.1. The molecule has 0 bridgehead atoms. The zero-order valence-corrected chi connectivity index (χ0v) is 12.1. The highest BCUT2D eigenvalue weighted by atomic mass is 79.9. The zero-order valence-electron chi connectivity index (χ0n) is 10.5. The number of amides is 1. The number of rotatable bonds is 4. The second kappa shape index (κ2) is 5.67. The van der Waals surface area contributed by atoms with Gasteiger partial charge in [0.25, 0.3) is 5.91 Å². The monoisotopic (exact) mass is 312 g/mol. The molecular formula is C12H17BrN4O. The van der Waals surface area contributed by atoms with E-state index in [0.717, 1.165) is 17.6 Å². The zero-order chi connectivity index (χ0) is 13.1. The van der Waals surface area contributed by atoms with E-state index in [1.54, 1.807) is 12.3 Å². The molecule has 1 aliphatic rings. The van der Waals surface area contributed by atoms with Crippen LogP contribution in [0.25, 0.3) is 0 Å². The fourth-order valence-electron chi connectivity index (χ4n) is 1.78. The molecule has 0 aromatic carbocycles. The molecule has 1 aromatic rings. The first kappa shape index (κ1) is 13.3. The third-order valence-electron chi connectivity index (χ3n) is 2.92. The van der Waals surface area contributed by atoms with Crippen LogP contribution in [0, 0.1) is 5.92 Å². The number of pyridine rings is 1. The third kappa shape index (κ3) is 3.00. The van der Waals surface area contributed by atoms with Crippen LogP contribution in [0.5, 0.6) is 0 Å². The second-order valence-electron chi connectivity index (χ2n) is 4.65. The van der Waals surface area contributed by atoms with Gasteiger partial charge in [-0.05, 0) is 22.0 Å². The van der Waals surface area contributed by atoms with Crippen molar-refractivity contribution in [1.82, 2.24) is 15.6 Å². The van der Waals surface area contributed by atoms with Crippen LogP contribution in [0.4, 0.5) is 5.82 Å².